The number of methoxy groups -OCH3 is 1. The van der Waals surface area contributed by atoms with Crippen LogP contribution in [0.25, 0.3) is 11.4 Å². The summed E-state index contributed by atoms with van der Waals surface area (Å²) in [5, 5.41) is 13.0. The van der Waals surface area contributed by atoms with Crippen molar-refractivity contribution in [2.75, 3.05) is 18.2 Å². The number of carbonyl (C=O) groups is 1. The number of para-hydroxylation sites is 1. The van der Waals surface area contributed by atoms with Crippen LogP contribution >= 0.6 is 23.4 Å². The van der Waals surface area contributed by atoms with Gasteiger partial charge in [0.05, 0.1) is 23.4 Å². The molecular weight excluding hydrogens is 434 g/mol. The quantitative estimate of drug-likeness (QED) is 0.488. The van der Waals surface area contributed by atoms with Crippen molar-refractivity contribution in [2.24, 2.45) is 0 Å². The molecule has 4 rings (SSSR count). The largest absolute Gasteiger partial charge is 0.496 e. The molecule has 1 aliphatic carbocycles. The van der Waals surface area contributed by atoms with Crippen molar-refractivity contribution >= 4 is 35.1 Å². The Morgan fingerprint density at radius 2 is 2.00 bits per heavy atom. The predicted molar refractivity (Wildman–Crippen MR) is 123 cm³/mol. The van der Waals surface area contributed by atoms with Gasteiger partial charge >= 0.3 is 0 Å². The number of rotatable bonds is 7. The summed E-state index contributed by atoms with van der Waals surface area (Å²) in [6.45, 7) is 0. The van der Waals surface area contributed by atoms with E-state index in [1.165, 1.54) is 37.2 Å². The molecule has 1 amide bonds. The van der Waals surface area contributed by atoms with Gasteiger partial charge in [-0.15, -0.1) is 10.2 Å². The summed E-state index contributed by atoms with van der Waals surface area (Å²) in [7, 11) is 1.66. The number of pyridine rings is 1. The molecule has 9 heteroatoms. The van der Waals surface area contributed by atoms with Crippen LogP contribution in [-0.4, -0.2) is 38.5 Å². The van der Waals surface area contributed by atoms with Crippen molar-refractivity contribution in [3.63, 3.8) is 0 Å². The van der Waals surface area contributed by atoms with Gasteiger partial charge in [-0.05, 0) is 37.1 Å². The topological polar surface area (TPSA) is 81.9 Å². The molecule has 162 valence electrons. The van der Waals surface area contributed by atoms with E-state index in [9.17, 15) is 4.79 Å². The molecule has 0 atom stereocenters. The maximum Gasteiger partial charge on any atom is 0.236 e. The fourth-order valence-electron chi connectivity index (χ4n) is 3.82. The van der Waals surface area contributed by atoms with Crippen LogP contribution in [0.1, 0.15) is 38.1 Å². The Kier molecular flexibility index (Phi) is 7.09. The van der Waals surface area contributed by atoms with E-state index in [-0.39, 0.29) is 11.7 Å². The van der Waals surface area contributed by atoms with Gasteiger partial charge in [-0.1, -0.05) is 54.8 Å². The van der Waals surface area contributed by atoms with E-state index in [4.69, 9.17) is 16.3 Å². The van der Waals surface area contributed by atoms with E-state index in [1.54, 1.807) is 19.2 Å². The van der Waals surface area contributed by atoms with Crippen molar-refractivity contribution in [2.45, 2.75) is 43.3 Å². The lowest BCUT2D eigenvalue weighted by molar-refractivity contribution is -0.113. The molecule has 0 aliphatic heterocycles. The normalized spacial score (nSPS) is 14.4. The van der Waals surface area contributed by atoms with Crippen LogP contribution in [-0.2, 0) is 4.79 Å². The minimum atomic E-state index is -0.156. The van der Waals surface area contributed by atoms with Crippen molar-refractivity contribution in [1.29, 1.82) is 0 Å². The lowest BCUT2D eigenvalue weighted by Gasteiger charge is -2.26. The molecular formula is C22H24ClN5O2S. The molecule has 2 heterocycles. The zero-order chi connectivity index (χ0) is 21.6. The third-order valence-corrected chi connectivity index (χ3v) is 6.45. The number of aromatic nitrogens is 4. The number of hydrogen-bond acceptors (Lipinski definition) is 6. The van der Waals surface area contributed by atoms with Crippen LogP contribution in [0.5, 0.6) is 5.75 Å². The fourth-order valence-corrected chi connectivity index (χ4v) is 4.73. The highest BCUT2D eigenvalue weighted by molar-refractivity contribution is 7.99. The number of nitrogens with zero attached hydrogens (tertiary/aromatic N) is 4. The highest BCUT2D eigenvalue weighted by Gasteiger charge is 2.25. The monoisotopic (exact) mass is 457 g/mol. The van der Waals surface area contributed by atoms with Crippen molar-refractivity contribution in [3.05, 3.63) is 47.6 Å². The molecule has 1 aliphatic rings. The third kappa shape index (κ3) is 5.19. The van der Waals surface area contributed by atoms with Gasteiger partial charge in [-0.3, -0.25) is 9.36 Å². The first-order chi connectivity index (χ1) is 15.2. The third-order valence-electron chi connectivity index (χ3n) is 5.28. The van der Waals surface area contributed by atoms with Crippen LogP contribution in [0.15, 0.2) is 47.8 Å². The second-order valence-electron chi connectivity index (χ2n) is 7.37. The standard InChI is InChI=1S/C22H24ClN5O2S/c1-30-18-10-6-5-9-17(18)21-26-27-22(28(21)16-7-3-2-4-8-16)31-14-20(29)25-19-12-11-15(23)13-24-19/h5-6,9-13,16H,2-4,7-8,14H2,1H3,(H,24,25,29). The van der Waals surface area contributed by atoms with Crippen LogP contribution in [0.4, 0.5) is 5.82 Å². The Labute approximate surface area is 190 Å². The fraction of sp³-hybridized carbons (Fsp3) is 0.364. The molecule has 2 aromatic heterocycles. The van der Waals surface area contributed by atoms with Gasteiger partial charge in [0.25, 0.3) is 0 Å². The van der Waals surface area contributed by atoms with Crippen LogP contribution < -0.4 is 10.1 Å². The molecule has 1 aromatic carbocycles. The molecule has 0 saturated heterocycles. The number of nitrogens with one attached hydrogen (secondary N) is 1. The van der Waals surface area contributed by atoms with Gasteiger partial charge in [-0.25, -0.2) is 4.98 Å². The predicted octanol–water partition coefficient (Wildman–Crippen LogP) is 5.24. The Hall–Kier alpha value is -2.58. The number of thioether (sulfide) groups is 1. The number of benzene rings is 1. The van der Waals surface area contributed by atoms with E-state index in [0.717, 1.165) is 35.1 Å². The zero-order valence-electron chi connectivity index (χ0n) is 17.3. The lowest BCUT2D eigenvalue weighted by atomic mass is 9.95. The Bertz CT molecular complexity index is 1030. The summed E-state index contributed by atoms with van der Waals surface area (Å²) in [6.07, 6.45) is 7.27. The summed E-state index contributed by atoms with van der Waals surface area (Å²) in [5.41, 5.74) is 0.907. The SMILES string of the molecule is COc1ccccc1-c1nnc(SCC(=O)Nc2ccc(Cl)cn2)n1C1CCCCC1. The number of carbonyl (C=O) groups excluding carboxylic acids is 1. The first-order valence-corrected chi connectivity index (χ1v) is 11.6. The van der Waals surface area contributed by atoms with E-state index in [2.05, 4.69) is 25.1 Å². The molecule has 0 unspecified atom stereocenters. The van der Waals surface area contributed by atoms with Gasteiger partial charge in [0.2, 0.25) is 5.91 Å². The van der Waals surface area contributed by atoms with Crippen molar-refractivity contribution < 1.29 is 9.53 Å². The van der Waals surface area contributed by atoms with E-state index in [1.807, 2.05) is 24.3 Å². The second-order valence-corrected chi connectivity index (χ2v) is 8.75. The summed E-state index contributed by atoms with van der Waals surface area (Å²) in [5.74, 6) is 2.07. The Morgan fingerprint density at radius 1 is 1.19 bits per heavy atom. The summed E-state index contributed by atoms with van der Waals surface area (Å²) in [6, 6.07) is 11.5. The van der Waals surface area contributed by atoms with Gasteiger partial charge in [0.1, 0.15) is 11.6 Å². The number of halogens is 1. The average molecular weight is 458 g/mol. The summed E-state index contributed by atoms with van der Waals surface area (Å²) >= 11 is 7.23. The van der Waals surface area contributed by atoms with E-state index >= 15 is 0 Å². The molecule has 0 radical (unpaired) electrons. The molecule has 31 heavy (non-hydrogen) atoms. The minimum Gasteiger partial charge on any atom is -0.496 e. The number of hydrogen-bond donors (Lipinski definition) is 1. The smallest absolute Gasteiger partial charge is 0.236 e. The lowest BCUT2D eigenvalue weighted by Crippen LogP contribution is -2.18. The van der Waals surface area contributed by atoms with Gasteiger partial charge in [-0.2, -0.15) is 0 Å². The van der Waals surface area contributed by atoms with Crippen molar-refractivity contribution in [1.82, 2.24) is 19.7 Å². The van der Waals surface area contributed by atoms with Crippen LogP contribution in [0.3, 0.4) is 0 Å². The van der Waals surface area contributed by atoms with E-state index in [0.29, 0.717) is 16.9 Å². The molecule has 7 nitrogen and oxygen atoms in total. The zero-order valence-corrected chi connectivity index (χ0v) is 18.8. The first kappa shape index (κ1) is 21.6. The Balaban J connectivity index is 1.56. The Morgan fingerprint density at radius 3 is 2.74 bits per heavy atom. The molecule has 0 spiro atoms. The van der Waals surface area contributed by atoms with Gasteiger partial charge in [0.15, 0.2) is 11.0 Å². The maximum absolute atomic E-state index is 12.5. The first-order valence-electron chi connectivity index (χ1n) is 10.3. The highest BCUT2D eigenvalue weighted by atomic mass is 35.5. The second kappa shape index (κ2) is 10.2. The number of amides is 1. The molecule has 1 fully saturated rings. The van der Waals surface area contributed by atoms with Crippen LogP contribution in [0, 0.1) is 0 Å². The molecule has 3 aromatic rings. The van der Waals surface area contributed by atoms with Gasteiger partial charge in [0, 0.05) is 12.2 Å². The summed E-state index contributed by atoms with van der Waals surface area (Å²) < 4.78 is 7.75. The summed E-state index contributed by atoms with van der Waals surface area (Å²) in [4.78, 5) is 16.6. The maximum atomic E-state index is 12.5. The molecule has 1 N–H and O–H groups in total. The highest BCUT2D eigenvalue weighted by Crippen LogP contribution is 2.38. The van der Waals surface area contributed by atoms with Crippen LogP contribution in [0.2, 0.25) is 5.02 Å². The molecule has 0 bridgehead atoms. The number of anilines is 1. The van der Waals surface area contributed by atoms with E-state index < -0.39 is 0 Å². The molecule has 1 saturated carbocycles. The average Bonchev–Trinajstić information content (AvgIpc) is 3.23. The minimum absolute atomic E-state index is 0.156. The number of ether oxygens (including phenoxy) is 1. The van der Waals surface area contributed by atoms with Crippen molar-refractivity contribution in [3.8, 4) is 17.1 Å². The van der Waals surface area contributed by atoms with Gasteiger partial charge < -0.3 is 10.1 Å².